The van der Waals surface area contributed by atoms with Crippen molar-refractivity contribution in [3.63, 3.8) is 0 Å². The lowest BCUT2D eigenvalue weighted by molar-refractivity contribution is -0.122. The summed E-state index contributed by atoms with van der Waals surface area (Å²) in [5.41, 5.74) is -0.536. The minimum atomic E-state index is -3.85. The van der Waals surface area contributed by atoms with E-state index >= 15 is 0 Å². The van der Waals surface area contributed by atoms with Gasteiger partial charge in [0, 0.05) is 18.5 Å². The van der Waals surface area contributed by atoms with E-state index in [0.717, 1.165) is 0 Å². The average Bonchev–Trinajstić information content (AvgIpc) is 2.80. The summed E-state index contributed by atoms with van der Waals surface area (Å²) in [7, 11) is -7.00. The molecule has 10 heteroatoms. The van der Waals surface area contributed by atoms with Gasteiger partial charge in [0.2, 0.25) is 15.9 Å². The van der Waals surface area contributed by atoms with Crippen molar-refractivity contribution in [1.82, 2.24) is 10.0 Å². The van der Waals surface area contributed by atoms with Gasteiger partial charge in [0.05, 0.1) is 21.9 Å². The summed E-state index contributed by atoms with van der Waals surface area (Å²) in [5.74, 6) is -0.760. The normalized spacial score (nSPS) is 22.1. The number of benzene rings is 1. The molecule has 0 bridgehead atoms. The van der Waals surface area contributed by atoms with Crippen LogP contribution in [0.5, 0.6) is 0 Å². The molecule has 1 saturated heterocycles. The van der Waals surface area contributed by atoms with Crippen molar-refractivity contribution in [3.05, 3.63) is 29.8 Å². The van der Waals surface area contributed by atoms with Crippen LogP contribution in [0, 0.1) is 0 Å². The minimum Gasteiger partial charge on any atom is -0.350 e. The molecule has 26 heavy (non-hydrogen) atoms. The van der Waals surface area contributed by atoms with E-state index in [0.29, 0.717) is 6.42 Å². The fourth-order valence-corrected chi connectivity index (χ4v) is 5.94. The molecule has 0 aliphatic carbocycles. The number of hydrogen-bond acceptors (Lipinski definition) is 6. The molecule has 1 aromatic rings. The van der Waals surface area contributed by atoms with E-state index in [4.69, 9.17) is 0 Å². The molecule has 0 aromatic heterocycles. The van der Waals surface area contributed by atoms with E-state index in [9.17, 15) is 26.4 Å². The number of sulfonamides is 1. The summed E-state index contributed by atoms with van der Waals surface area (Å²) in [6.07, 6.45) is 0.214. The molecule has 0 radical (unpaired) electrons. The molecule has 8 nitrogen and oxygen atoms in total. The Balaban J connectivity index is 1.91. The first-order valence-electron chi connectivity index (χ1n) is 8.05. The zero-order chi connectivity index (χ0) is 19.6. The largest absolute Gasteiger partial charge is 0.350 e. The van der Waals surface area contributed by atoms with Gasteiger partial charge in [-0.25, -0.2) is 21.6 Å². The molecule has 1 amide bonds. The number of sulfone groups is 1. The van der Waals surface area contributed by atoms with Crippen molar-refractivity contribution in [2.24, 2.45) is 0 Å². The fourth-order valence-electron chi connectivity index (χ4n) is 2.77. The predicted octanol–water partition coefficient (Wildman–Crippen LogP) is 0.251. The summed E-state index contributed by atoms with van der Waals surface area (Å²) < 4.78 is 49.9. The number of nitrogens with one attached hydrogen (secondary N) is 2. The molecule has 0 spiro atoms. The van der Waals surface area contributed by atoms with Crippen LogP contribution in [0.1, 0.15) is 37.0 Å². The standard InChI is InChI=1S/C16H22N2O6S2/c1-12(19)13-4-3-5-14(10-13)26(23,24)17-8-6-15(20)18-16(2)7-9-25(21,22)11-16/h3-5,10,17H,6-9,11H2,1-2H3,(H,18,20)/t16-/m0/s1. The predicted molar refractivity (Wildman–Crippen MR) is 96.1 cm³/mol. The van der Waals surface area contributed by atoms with Gasteiger partial charge >= 0.3 is 0 Å². The van der Waals surface area contributed by atoms with Gasteiger partial charge < -0.3 is 5.32 Å². The molecular formula is C16H22N2O6S2. The molecular weight excluding hydrogens is 380 g/mol. The van der Waals surface area contributed by atoms with Crippen LogP contribution >= 0.6 is 0 Å². The number of amides is 1. The lowest BCUT2D eigenvalue weighted by Gasteiger charge is -2.23. The minimum absolute atomic E-state index is 0.0307. The topological polar surface area (TPSA) is 126 Å². The maximum Gasteiger partial charge on any atom is 0.240 e. The molecule has 0 unspecified atom stereocenters. The van der Waals surface area contributed by atoms with Crippen molar-refractivity contribution in [3.8, 4) is 0 Å². The van der Waals surface area contributed by atoms with E-state index in [1.807, 2.05) is 0 Å². The molecule has 144 valence electrons. The molecule has 2 rings (SSSR count). The van der Waals surface area contributed by atoms with Crippen LogP contribution in [0.2, 0.25) is 0 Å². The van der Waals surface area contributed by atoms with Crippen molar-refractivity contribution in [1.29, 1.82) is 0 Å². The first kappa shape index (κ1) is 20.5. The SMILES string of the molecule is CC(=O)c1cccc(S(=O)(=O)NCCC(=O)N[C@@]2(C)CCS(=O)(=O)C2)c1. The molecule has 1 heterocycles. The number of rotatable bonds is 7. The Morgan fingerprint density at radius 2 is 1.96 bits per heavy atom. The number of carbonyl (C=O) groups is 2. The summed E-state index contributed by atoms with van der Waals surface area (Å²) >= 11 is 0. The summed E-state index contributed by atoms with van der Waals surface area (Å²) in [5, 5.41) is 2.66. The third-order valence-electron chi connectivity index (χ3n) is 4.14. The number of carbonyl (C=O) groups excluding carboxylic acids is 2. The average molecular weight is 402 g/mol. The second kappa shape index (κ2) is 7.45. The monoisotopic (exact) mass is 402 g/mol. The van der Waals surface area contributed by atoms with Crippen LogP contribution in [-0.4, -0.2) is 52.1 Å². The highest BCUT2D eigenvalue weighted by Gasteiger charge is 2.39. The quantitative estimate of drug-likeness (QED) is 0.630. The second-order valence-electron chi connectivity index (χ2n) is 6.68. The Labute approximate surface area is 153 Å². The zero-order valence-electron chi connectivity index (χ0n) is 14.6. The molecule has 1 aliphatic heterocycles. The number of Topliss-reactive ketones (excluding diaryl/α,β-unsaturated/α-hetero) is 1. The van der Waals surface area contributed by atoms with Crippen molar-refractivity contribution in [2.75, 3.05) is 18.1 Å². The Morgan fingerprint density at radius 1 is 1.27 bits per heavy atom. The van der Waals surface area contributed by atoms with Gasteiger partial charge in [-0.05, 0) is 32.4 Å². The first-order valence-corrected chi connectivity index (χ1v) is 11.4. The van der Waals surface area contributed by atoms with Gasteiger partial charge in [-0.2, -0.15) is 0 Å². The van der Waals surface area contributed by atoms with Crippen molar-refractivity contribution >= 4 is 31.6 Å². The van der Waals surface area contributed by atoms with Gasteiger partial charge in [0.1, 0.15) is 0 Å². The Hall–Kier alpha value is -1.78. The van der Waals surface area contributed by atoms with Gasteiger partial charge in [-0.15, -0.1) is 0 Å². The third-order valence-corrected chi connectivity index (χ3v) is 7.50. The zero-order valence-corrected chi connectivity index (χ0v) is 16.2. The van der Waals surface area contributed by atoms with E-state index in [-0.39, 0.29) is 40.7 Å². The second-order valence-corrected chi connectivity index (χ2v) is 10.6. The van der Waals surface area contributed by atoms with Crippen LogP contribution in [0.15, 0.2) is 29.2 Å². The smallest absolute Gasteiger partial charge is 0.240 e. The fraction of sp³-hybridized carbons (Fsp3) is 0.500. The van der Waals surface area contributed by atoms with Crippen molar-refractivity contribution in [2.45, 2.75) is 37.1 Å². The Kier molecular flexibility index (Phi) is 5.89. The van der Waals surface area contributed by atoms with Crippen LogP contribution in [0.25, 0.3) is 0 Å². The first-order chi connectivity index (χ1) is 11.9. The van der Waals surface area contributed by atoms with Crippen LogP contribution in [0.4, 0.5) is 0 Å². The van der Waals surface area contributed by atoms with Gasteiger partial charge in [0.25, 0.3) is 0 Å². The summed E-state index contributed by atoms with van der Waals surface area (Å²) in [4.78, 5) is 23.3. The van der Waals surface area contributed by atoms with Crippen molar-refractivity contribution < 1.29 is 26.4 Å². The maximum absolute atomic E-state index is 12.2. The lowest BCUT2D eigenvalue weighted by atomic mass is 10.0. The van der Waals surface area contributed by atoms with E-state index < -0.39 is 31.3 Å². The van der Waals surface area contributed by atoms with E-state index in [1.165, 1.54) is 31.2 Å². The molecule has 1 fully saturated rings. The maximum atomic E-state index is 12.2. The Bertz CT molecular complexity index is 924. The van der Waals surface area contributed by atoms with Crippen LogP contribution in [-0.2, 0) is 24.7 Å². The third kappa shape index (κ3) is 5.36. The highest BCUT2D eigenvalue weighted by Crippen LogP contribution is 2.22. The molecule has 2 N–H and O–H groups in total. The van der Waals surface area contributed by atoms with E-state index in [1.54, 1.807) is 6.92 Å². The highest BCUT2D eigenvalue weighted by molar-refractivity contribution is 7.91. The molecule has 1 aliphatic rings. The lowest BCUT2D eigenvalue weighted by Crippen LogP contribution is -2.47. The number of ketones is 1. The van der Waals surface area contributed by atoms with Gasteiger partial charge in [0.15, 0.2) is 15.6 Å². The molecule has 1 atom stereocenters. The molecule has 1 aromatic carbocycles. The highest BCUT2D eigenvalue weighted by atomic mass is 32.2. The van der Waals surface area contributed by atoms with Crippen LogP contribution in [0.3, 0.4) is 0 Å². The van der Waals surface area contributed by atoms with E-state index in [2.05, 4.69) is 10.0 Å². The number of hydrogen-bond donors (Lipinski definition) is 2. The molecule has 0 saturated carbocycles. The van der Waals surface area contributed by atoms with Gasteiger partial charge in [-0.3, -0.25) is 9.59 Å². The summed E-state index contributed by atoms with van der Waals surface area (Å²) in [6, 6.07) is 5.62. The van der Waals surface area contributed by atoms with Gasteiger partial charge in [-0.1, -0.05) is 12.1 Å². The summed E-state index contributed by atoms with van der Waals surface area (Å²) in [6.45, 7) is 2.86. The van der Waals surface area contributed by atoms with Crippen LogP contribution < -0.4 is 10.0 Å². The Morgan fingerprint density at radius 3 is 2.54 bits per heavy atom.